The topological polar surface area (TPSA) is 109 Å². The van der Waals surface area contributed by atoms with Crippen molar-refractivity contribution in [2.45, 2.75) is 6.54 Å². The van der Waals surface area contributed by atoms with Crippen molar-refractivity contribution in [3.63, 3.8) is 0 Å². The van der Waals surface area contributed by atoms with E-state index in [1.165, 1.54) is 18.3 Å². The van der Waals surface area contributed by atoms with Crippen LogP contribution in [0, 0.1) is 0 Å². The quantitative estimate of drug-likeness (QED) is 0.407. The van der Waals surface area contributed by atoms with Crippen LogP contribution in [0.1, 0.15) is 11.1 Å². The summed E-state index contributed by atoms with van der Waals surface area (Å²) in [6, 6.07) is 8.00. The van der Waals surface area contributed by atoms with E-state index in [-0.39, 0.29) is 29.1 Å². The molecule has 10 heteroatoms. The Kier molecular flexibility index (Phi) is 5.68. The van der Waals surface area contributed by atoms with E-state index >= 15 is 0 Å². The molecule has 0 radical (unpaired) electrons. The Bertz CT molecular complexity index is 910. The van der Waals surface area contributed by atoms with Gasteiger partial charge in [0, 0.05) is 6.54 Å². The van der Waals surface area contributed by atoms with Gasteiger partial charge in [0.1, 0.15) is 0 Å². The summed E-state index contributed by atoms with van der Waals surface area (Å²) in [7, 11) is 0. The van der Waals surface area contributed by atoms with E-state index < -0.39 is 11.8 Å². The predicted octanol–water partition coefficient (Wildman–Crippen LogP) is 2.19. The molecule has 0 unspecified atom stereocenters. The van der Waals surface area contributed by atoms with Crippen LogP contribution < -0.4 is 20.2 Å². The van der Waals surface area contributed by atoms with Gasteiger partial charge in [-0.05, 0) is 35.4 Å². The average Bonchev–Trinajstić information content (AvgIpc) is 3.11. The summed E-state index contributed by atoms with van der Waals surface area (Å²) in [5.74, 6) is -0.828. The molecule has 3 rings (SSSR count). The van der Waals surface area contributed by atoms with E-state index in [1.54, 1.807) is 18.2 Å². The van der Waals surface area contributed by atoms with E-state index in [0.717, 1.165) is 5.56 Å². The number of aromatic hydroxyl groups is 1. The Morgan fingerprint density at radius 3 is 2.56 bits per heavy atom. The monoisotopic (exact) mass is 409 g/mol. The maximum absolute atomic E-state index is 11.8. The molecule has 0 aliphatic carbocycles. The van der Waals surface area contributed by atoms with Gasteiger partial charge in [-0.15, -0.1) is 0 Å². The first-order valence-corrected chi connectivity index (χ1v) is 8.37. The number of benzene rings is 2. The van der Waals surface area contributed by atoms with Crippen LogP contribution in [-0.2, 0) is 16.1 Å². The van der Waals surface area contributed by atoms with Crippen molar-refractivity contribution in [1.29, 1.82) is 0 Å². The van der Waals surface area contributed by atoms with Crippen molar-refractivity contribution in [2.24, 2.45) is 5.10 Å². The number of halogens is 2. The van der Waals surface area contributed by atoms with Crippen LogP contribution in [-0.4, -0.2) is 29.9 Å². The van der Waals surface area contributed by atoms with Crippen molar-refractivity contribution in [1.82, 2.24) is 10.7 Å². The molecule has 2 aromatic carbocycles. The molecule has 1 aliphatic rings. The zero-order valence-corrected chi connectivity index (χ0v) is 15.2. The summed E-state index contributed by atoms with van der Waals surface area (Å²) < 4.78 is 10.4. The average molecular weight is 410 g/mol. The molecule has 0 spiro atoms. The van der Waals surface area contributed by atoms with E-state index in [4.69, 9.17) is 32.7 Å². The number of nitrogens with zero attached hydrogens (tertiary/aromatic N) is 1. The maximum atomic E-state index is 11.8. The smallest absolute Gasteiger partial charge is 0.329 e. The summed E-state index contributed by atoms with van der Waals surface area (Å²) >= 11 is 11.6. The molecule has 1 aliphatic heterocycles. The molecule has 0 fully saturated rings. The second-order valence-electron chi connectivity index (χ2n) is 5.40. The zero-order chi connectivity index (χ0) is 19.4. The Hall–Kier alpha value is -2.97. The molecule has 27 heavy (non-hydrogen) atoms. The van der Waals surface area contributed by atoms with Gasteiger partial charge in [-0.2, -0.15) is 5.10 Å². The summed E-state index contributed by atoms with van der Waals surface area (Å²) in [6.07, 6.45) is 1.24. The molecule has 0 bridgehead atoms. The molecular formula is C17H13Cl2N3O5. The van der Waals surface area contributed by atoms with Crippen molar-refractivity contribution in [3.8, 4) is 17.2 Å². The van der Waals surface area contributed by atoms with Gasteiger partial charge in [-0.25, -0.2) is 5.43 Å². The van der Waals surface area contributed by atoms with Crippen LogP contribution >= 0.6 is 23.2 Å². The van der Waals surface area contributed by atoms with Crippen molar-refractivity contribution in [3.05, 3.63) is 51.5 Å². The molecule has 2 amide bonds. The normalized spacial score (nSPS) is 12.2. The fourth-order valence-corrected chi connectivity index (χ4v) is 2.69. The first-order chi connectivity index (χ1) is 12.9. The van der Waals surface area contributed by atoms with E-state index in [2.05, 4.69) is 15.8 Å². The number of phenols is 1. The highest BCUT2D eigenvalue weighted by Crippen LogP contribution is 2.33. The molecule has 0 saturated carbocycles. The lowest BCUT2D eigenvalue weighted by Gasteiger charge is -2.05. The van der Waals surface area contributed by atoms with Gasteiger partial charge in [0.15, 0.2) is 17.2 Å². The Labute approximate surface area is 163 Å². The van der Waals surface area contributed by atoms with Crippen molar-refractivity contribution >= 4 is 41.2 Å². The minimum atomic E-state index is -0.942. The standard InChI is InChI=1S/C17H13Cl2N3O5/c18-11-3-10(4-12(19)15(11)23)7-21-22-17(25)16(24)20-6-9-1-2-13-14(5-9)27-8-26-13/h1-5,7,23H,6,8H2,(H,20,24)(H,22,25)/b21-7+. The summed E-state index contributed by atoms with van der Waals surface area (Å²) in [5.41, 5.74) is 3.27. The number of nitrogens with one attached hydrogen (secondary N) is 2. The molecule has 8 nitrogen and oxygen atoms in total. The van der Waals surface area contributed by atoms with E-state index in [9.17, 15) is 14.7 Å². The number of carbonyl (C=O) groups is 2. The number of hydrazone groups is 1. The second-order valence-corrected chi connectivity index (χ2v) is 6.22. The van der Waals surface area contributed by atoms with Gasteiger partial charge in [-0.3, -0.25) is 9.59 Å². The van der Waals surface area contributed by atoms with E-state index in [1.807, 2.05) is 0 Å². The third kappa shape index (κ3) is 4.60. The first kappa shape index (κ1) is 18.8. The Balaban J connectivity index is 1.51. The lowest BCUT2D eigenvalue weighted by atomic mass is 10.2. The van der Waals surface area contributed by atoms with Gasteiger partial charge in [0.2, 0.25) is 6.79 Å². The highest BCUT2D eigenvalue weighted by Gasteiger charge is 2.15. The SMILES string of the molecule is O=C(NCc1ccc2c(c1)OCO2)C(=O)N/N=C/c1cc(Cl)c(O)c(Cl)c1. The second kappa shape index (κ2) is 8.15. The number of rotatable bonds is 4. The molecule has 2 aromatic rings. The minimum absolute atomic E-state index is 0.0387. The number of phenolic OH excluding ortho intramolecular Hbond substituents is 1. The Morgan fingerprint density at radius 2 is 1.81 bits per heavy atom. The maximum Gasteiger partial charge on any atom is 0.329 e. The number of carbonyl (C=O) groups excluding carboxylic acids is 2. The van der Waals surface area contributed by atoms with Crippen LogP contribution in [0.3, 0.4) is 0 Å². The molecule has 1 heterocycles. The van der Waals surface area contributed by atoms with Gasteiger partial charge in [-0.1, -0.05) is 29.3 Å². The highest BCUT2D eigenvalue weighted by molar-refractivity contribution is 6.37. The first-order valence-electron chi connectivity index (χ1n) is 7.62. The van der Waals surface area contributed by atoms with Crippen molar-refractivity contribution in [2.75, 3.05) is 6.79 Å². The van der Waals surface area contributed by atoms with Gasteiger partial charge >= 0.3 is 11.8 Å². The molecule has 0 atom stereocenters. The van der Waals surface area contributed by atoms with Gasteiger partial charge in [0.25, 0.3) is 0 Å². The molecular weight excluding hydrogens is 397 g/mol. The predicted molar refractivity (Wildman–Crippen MR) is 98.3 cm³/mol. The number of hydrogen-bond acceptors (Lipinski definition) is 6. The fourth-order valence-electron chi connectivity index (χ4n) is 2.19. The van der Waals surface area contributed by atoms with Gasteiger partial charge < -0.3 is 19.9 Å². The summed E-state index contributed by atoms with van der Waals surface area (Å²) in [5, 5.41) is 15.7. The van der Waals surface area contributed by atoms with Gasteiger partial charge in [0.05, 0.1) is 16.3 Å². The fraction of sp³-hybridized carbons (Fsp3) is 0.118. The minimum Gasteiger partial charge on any atom is -0.505 e. The number of fused-ring (bicyclic) bond motifs is 1. The molecule has 3 N–H and O–H groups in total. The highest BCUT2D eigenvalue weighted by atomic mass is 35.5. The number of amides is 2. The zero-order valence-electron chi connectivity index (χ0n) is 13.7. The largest absolute Gasteiger partial charge is 0.505 e. The summed E-state index contributed by atoms with van der Waals surface area (Å²) in [4.78, 5) is 23.6. The molecule has 0 saturated heterocycles. The lowest BCUT2D eigenvalue weighted by Crippen LogP contribution is -2.37. The third-order valence-electron chi connectivity index (χ3n) is 3.52. The lowest BCUT2D eigenvalue weighted by molar-refractivity contribution is -0.139. The molecule has 0 aromatic heterocycles. The number of ether oxygens (including phenoxy) is 2. The van der Waals surface area contributed by atoms with Crippen LogP contribution in [0.5, 0.6) is 17.2 Å². The van der Waals surface area contributed by atoms with Crippen molar-refractivity contribution < 1.29 is 24.2 Å². The van der Waals surface area contributed by atoms with Crippen LogP contribution in [0.25, 0.3) is 0 Å². The number of hydrogen-bond donors (Lipinski definition) is 3. The van der Waals surface area contributed by atoms with Crippen LogP contribution in [0.2, 0.25) is 10.0 Å². The van der Waals surface area contributed by atoms with Crippen LogP contribution in [0.15, 0.2) is 35.4 Å². The third-order valence-corrected chi connectivity index (χ3v) is 4.09. The van der Waals surface area contributed by atoms with E-state index in [0.29, 0.717) is 17.1 Å². The van der Waals surface area contributed by atoms with Crippen LogP contribution in [0.4, 0.5) is 0 Å². The summed E-state index contributed by atoms with van der Waals surface area (Å²) in [6.45, 7) is 0.290. The molecule has 140 valence electrons. The Morgan fingerprint density at radius 1 is 1.11 bits per heavy atom.